The largest absolute Gasteiger partial charge is 0.507 e. The molecule has 0 saturated heterocycles. The van der Waals surface area contributed by atoms with E-state index in [1.54, 1.807) is 6.92 Å². The molecule has 0 aliphatic heterocycles. The van der Waals surface area contributed by atoms with Crippen molar-refractivity contribution in [2.45, 2.75) is 13.0 Å². The molecule has 1 unspecified atom stereocenters. The number of ether oxygens (including phenoxy) is 1. The lowest BCUT2D eigenvalue weighted by Crippen LogP contribution is -2.43. The first-order valence-corrected chi connectivity index (χ1v) is 5.66. The fraction of sp³-hybridized carbons (Fsp3) is 0.250. The number of benzene rings is 1. The molecule has 0 radical (unpaired) electrons. The summed E-state index contributed by atoms with van der Waals surface area (Å²) < 4.78 is 4.58. The first-order valence-electron chi connectivity index (χ1n) is 5.66. The SMILES string of the molecule is CCOC(=O)C(N)C(=O)Nc1ccc(O)c(C(=O)O)c1. The Morgan fingerprint density at radius 3 is 2.60 bits per heavy atom. The van der Waals surface area contributed by atoms with Gasteiger partial charge >= 0.3 is 11.9 Å². The van der Waals surface area contributed by atoms with E-state index in [-0.39, 0.29) is 17.9 Å². The quantitative estimate of drug-likeness (QED) is 0.336. The van der Waals surface area contributed by atoms with Gasteiger partial charge < -0.3 is 26.0 Å². The van der Waals surface area contributed by atoms with Crippen LogP contribution in [0.1, 0.15) is 17.3 Å². The summed E-state index contributed by atoms with van der Waals surface area (Å²) in [5, 5.41) is 20.4. The van der Waals surface area contributed by atoms with Crippen LogP contribution in [0.2, 0.25) is 0 Å². The highest BCUT2D eigenvalue weighted by atomic mass is 16.5. The fourth-order valence-electron chi connectivity index (χ4n) is 1.34. The smallest absolute Gasteiger partial charge is 0.339 e. The summed E-state index contributed by atoms with van der Waals surface area (Å²) in [5.41, 5.74) is 5.08. The van der Waals surface area contributed by atoms with E-state index in [1.165, 1.54) is 6.07 Å². The van der Waals surface area contributed by atoms with Crippen LogP contribution in [-0.4, -0.2) is 40.7 Å². The average Bonchev–Trinajstić information content (AvgIpc) is 2.39. The predicted molar refractivity (Wildman–Crippen MR) is 68.3 cm³/mol. The molecule has 8 heteroatoms. The van der Waals surface area contributed by atoms with Crippen LogP contribution in [0.4, 0.5) is 5.69 Å². The van der Waals surface area contributed by atoms with Crippen LogP contribution in [0.15, 0.2) is 18.2 Å². The Labute approximate surface area is 114 Å². The molecule has 0 heterocycles. The van der Waals surface area contributed by atoms with Gasteiger partial charge in [0.25, 0.3) is 5.91 Å². The van der Waals surface area contributed by atoms with Gasteiger partial charge in [0.05, 0.1) is 6.61 Å². The van der Waals surface area contributed by atoms with Gasteiger partial charge in [0.2, 0.25) is 0 Å². The van der Waals surface area contributed by atoms with Gasteiger partial charge in [-0.3, -0.25) is 4.79 Å². The first-order chi connectivity index (χ1) is 9.36. The maximum atomic E-state index is 11.6. The van der Waals surface area contributed by atoms with Gasteiger partial charge in [-0.25, -0.2) is 9.59 Å². The van der Waals surface area contributed by atoms with Gasteiger partial charge in [0, 0.05) is 5.69 Å². The van der Waals surface area contributed by atoms with Crippen LogP contribution >= 0.6 is 0 Å². The summed E-state index contributed by atoms with van der Waals surface area (Å²) in [6, 6.07) is 1.91. The molecule has 1 rings (SSSR count). The minimum absolute atomic E-state index is 0.0855. The van der Waals surface area contributed by atoms with Gasteiger partial charge in [0.1, 0.15) is 11.3 Å². The van der Waals surface area contributed by atoms with Crippen LogP contribution in [0.25, 0.3) is 0 Å². The molecule has 0 bridgehead atoms. The predicted octanol–water partition coefficient (Wildman–Crippen LogP) is -0.0807. The highest BCUT2D eigenvalue weighted by Crippen LogP contribution is 2.21. The van der Waals surface area contributed by atoms with Gasteiger partial charge in [0.15, 0.2) is 6.04 Å². The molecule has 1 atom stereocenters. The summed E-state index contributed by atoms with van der Waals surface area (Å²) in [7, 11) is 0. The summed E-state index contributed by atoms with van der Waals surface area (Å²) >= 11 is 0. The van der Waals surface area contributed by atoms with Crippen LogP contribution in [0, 0.1) is 0 Å². The van der Waals surface area contributed by atoms with Gasteiger partial charge in [-0.05, 0) is 25.1 Å². The first kappa shape index (κ1) is 15.4. The highest BCUT2D eigenvalue weighted by molar-refractivity contribution is 6.08. The third-order valence-corrected chi connectivity index (χ3v) is 2.32. The molecule has 8 nitrogen and oxygen atoms in total. The monoisotopic (exact) mass is 282 g/mol. The Morgan fingerprint density at radius 1 is 1.40 bits per heavy atom. The normalized spacial score (nSPS) is 11.5. The van der Waals surface area contributed by atoms with E-state index in [0.29, 0.717) is 0 Å². The number of phenols is 1. The van der Waals surface area contributed by atoms with Crippen molar-refractivity contribution in [1.82, 2.24) is 0 Å². The second kappa shape index (κ2) is 6.53. The molecule has 108 valence electrons. The molecule has 1 aromatic rings. The standard InChI is InChI=1S/C12H14N2O6/c1-2-20-12(19)9(13)10(16)14-6-3-4-8(15)7(5-6)11(17)18/h3-5,9,15H,2,13H2,1H3,(H,14,16)(H,17,18). The number of aromatic carboxylic acids is 1. The molecular weight excluding hydrogens is 268 g/mol. The minimum atomic E-state index is -1.52. The van der Waals surface area contributed by atoms with Crippen molar-refractivity contribution in [2.24, 2.45) is 5.73 Å². The van der Waals surface area contributed by atoms with E-state index < -0.39 is 29.6 Å². The summed E-state index contributed by atoms with van der Waals surface area (Å²) in [6.07, 6.45) is 0. The number of carboxylic acids is 1. The summed E-state index contributed by atoms with van der Waals surface area (Å²) in [4.78, 5) is 33.7. The van der Waals surface area contributed by atoms with Gasteiger partial charge in [-0.2, -0.15) is 0 Å². The van der Waals surface area contributed by atoms with Crippen LogP contribution in [0.5, 0.6) is 5.75 Å². The highest BCUT2D eigenvalue weighted by Gasteiger charge is 2.23. The second-order valence-corrected chi connectivity index (χ2v) is 3.76. The van der Waals surface area contributed by atoms with E-state index >= 15 is 0 Å². The van der Waals surface area contributed by atoms with E-state index in [9.17, 15) is 19.5 Å². The van der Waals surface area contributed by atoms with E-state index in [2.05, 4.69) is 10.1 Å². The van der Waals surface area contributed by atoms with Gasteiger partial charge in [-0.15, -0.1) is 0 Å². The number of rotatable bonds is 5. The summed E-state index contributed by atoms with van der Waals surface area (Å²) in [6.45, 7) is 1.66. The van der Waals surface area contributed by atoms with Crippen LogP contribution in [0.3, 0.4) is 0 Å². The number of esters is 1. The number of anilines is 1. The molecule has 0 aliphatic carbocycles. The van der Waals surface area contributed by atoms with E-state index in [4.69, 9.17) is 10.8 Å². The molecule has 0 saturated carbocycles. The zero-order chi connectivity index (χ0) is 15.3. The number of carbonyl (C=O) groups excluding carboxylic acids is 2. The molecule has 1 aromatic carbocycles. The molecule has 0 fully saturated rings. The summed E-state index contributed by atoms with van der Waals surface area (Å²) in [5.74, 6) is -3.52. The van der Waals surface area contributed by atoms with Crippen LogP contribution < -0.4 is 11.1 Å². The van der Waals surface area contributed by atoms with Crippen molar-refractivity contribution in [2.75, 3.05) is 11.9 Å². The second-order valence-electron chi connectivity index (χ2n) is 3.76. The zero-order valence-corrected chi connectivity index (χ0v) is 10.6. The average molecular weight is 282 g/mol. The van der Waals surface area contributed by atoms with Crippen molar-refractivity contribution < 1.29 is 29.3 Å². The van der Waals surface area contributed by atoms with Crippen LogP contribution in [-0.2, 0) is 14.3 Å². The maximum absolute atomic E-state index is 11.6. The molecule has 0 aromatic heterocycles. The number of carbonyl (C=O) groups is 3. The number of hydrogen-bond acceptors (Lipinski definition) is 6. The lowest BCUT2D eigenvalue weighted by molar-refractivity contribution is -0.146. The molecule has 0 spiro atoms. The Morgan fingerprint density at radius 2 is 2.05 bits per heavy atom. The Balaban J connectivity index is 2.83. The van der Waals surface area contributed by atoms with Crippen molar-refractivity contribution in [3.8, 4) is 5.75 Å². The molecular formula is C12H14N2O6. The van der Waals surface area contributed by atoms with E-state index in [0.717, 1.165) is 12.1 Å². The molecule has 0 aliphatic rings. The molecule has 20 heavy (non-hydrogen) atoms. The number of carboxylic acid groups (broad SMARTS) is 1. The minimum Gasteiger partial charge on any atom is -0.507 e. The number of nitrogens with two attached hydrogens (primary N) is 1. The third kappa shape index (κ3) is 3.69. The number of amides is 1. The van der Waals surface area contributed by atoms with Crippen molar-refractivity contribution >= 4 is 23.5 Å². The Kier molecular flexibility index (Phi) is 5.04. The lowest BCUT2D eigenvalue weighted by atomic mass is 10.1. The molecule has 5 N–H and O–H groups in total. The van der Waals surface area contributed by atoms with Crippen molar-refractivity contribution in [3.63, 3.8) is 0 Å². The fourth-order valence-corrected chi connectivity index (χ4v) is 1.34. The molecule has 1 amide bonds. The third-order valence-electron chi connectivity index (χ3n) is 2.32. The zero-order valence-electron chi connectivity index (χ0n) is 10.6. The maximum Gasteiger partial charge on any atom is 0.339 e. The van der Waals surface area contributed by atoms with Gasteiger partial charge in [-0.1, -0.05) is 0 Å². The Hall–Kier alpha value is -2.61. The lowest BCUT2D eigenvalue weighted by Gasteiger charge is -2.11. The van der Waals surface area contributed by atoms with Crippen molar-refractivity contribution in [3.05, 3.63) is 23.8 Å². The Bertz CT molecular complexity index is 543. The van der Waals surface area contributed by atoms with Crippen molar-refractivity contribution in [1.29, 1.82) is 0 Å². The number of nitrogens with one attached hydrogen (secondary N) is 1. The topological polar surface area (TPSA) is 139 Å². The number of hydrogen-bond donors (Lipinski definition) is 4. The number of aromatic hydroxyl groups is 1. The van der Waals surface area contributed by atoms with E-state index in [1.807, 2.05) is 0 Å².